The van der Waals surface area contributed by atoms with Gasteiger partial charge in [-0.05, 0) is 39.3 Å². The number of anilines is 1. The molecule has 1 aromatic rings. The van der Waals surface area contributed by atoms with Crippen molar-refractivity contribution in [2.75, 3.05) is 32.3 Å². The van der Waals surface area contributed by atoms with Crippen molar-refractivity contribution >= 4 is 5.69 Å². The second-order valence-electron chi connectivity index (χ2n) is 5.79. The molecule has 0 aliphatic rings. The van der Waals surface area contributed by atoms with Gasteiger partial charge in [0.2, 0.25) is 0 Å². The molecule has 0 saturated carbocycles. The van der Waals surface area contributed by atoms with E-state index in [9.17, 15) is 0 Å². The van der Waals surface area contributed by atoms with Gasteiger partial charge in [0.1, 0.15) is 0 Å². The predicted octanol–water partition coefficient (Wildman–Crippen LogP) is 4.12. The van der Waals surface area contributed by atoms with Gasteiger partial charge >= 0.3 is 0 Å². The number of nitrogens with zero attached hydrogens (tertiary/aromatic N) is 1. The van der Waals surface area contributed by atoms with Crippen molar-refractivity contribution in [3.63, 3.8) is 0 Å². The lowest BCUT2D eigenvalue weighted by molar-refractivity contribution is 0.170. The summed E-state index contributed by atoms with van der Waals surface area (Å²) in [6.45, 7) is 10.2. The molecule has 0 unspecified atom stereocenters. The van der Waals surface area contributed by atoms with Gasteiger partial charge in [-0.2, -0.15) is 0 Å². The van der Waals surface area contributed by atoms with E-state index in [1.54, 1.807) is 14.2 Å². The molecule has 22 heavy (non-hydrogen) atoms. The minimum Gasteiger partial charge on any atom is -0.493 e. The fourth-order valence-corrected chi connectivity index (χ4v) is 2.58. The maximum absolute atomic E-state index is 5.88. The summed E-state index contributed by atoms with van der Waals surface area (Å²) in [5.41, 5.74) is 1.17. The predicted molar refractivity (Wildman–Crippen MR) is 92.4 cm³/mol. The van der Waals surface area contributed by atoms with E-state index in [1.165, 1.54) is 5.69 Å². The van der Waals surface area contributed by atoms with Crippen molar-refractivity contribution < 1.29 is 14.2 Å². The molecule has 1 aromatic carbocycles. The smallest absolute Gasteiger partial charge is 0.163 e. The molecule has 0 amide bonds. The third-order valence-corrected chi connectivity index (χ3v) is 3.82. The molecule has 0 heterocycles. The molecule has 4 heteroatoms. The van der Waals surface area contributed by atoms with Crippen LogP contribution in [0.25, 0.3) is 0 Å². The maximum atomic E-state index is 5.88. The van der Waals surface area contributed by atoms with Crippen molar-refractivity contribution in [2.45, 2.75) is 52.6 Å². The van der Waals surface area contributed by atoms with Gasteiger partial charge in [0.25, 0.3) is 0 Å². The van der Waals surface area contributed by atoms with E-state index < -0.39 is 0 Å². The SMILES string of the molecule is CC[C@@H](C)N(c1ccc(OC)c(OCCCOC)c1)C(C)C. The standard InChI is InChI=1S/C18H31NO3/c1-7-15(4)19(14(2)3)16-9-10-17(21-6)18(13-16)22-12-8-11-20-5/h9-10,13-15H,7-8,11-12H2,1-6H3/t15-/m1/s1. The Kier molecular flexibility index (Phi) is 8.10. The second-order valence-corrected chi connectivity index (χ2v) is 5.79. The average molecular weight is 309 g/mol. The van der Waals surface area contributed by atoms with Crippen LogP contribution in [0, 0.1) is 0 Å². The van der Waals surface area contributed by atoms with Crippen LogP contribution in [0.1, 0.15) is 40.5 Å². The quantitative estimate of drug-likeness (QED) is 0.608. The summed E-state index contributed by atoms with van der Waals surface area (Å²) >= 11 is 0. The van der Waals surface area contributed by atoms with Crippen LogP contribution < -0.4 is 14.4 Å². The van der Waals surface area contributed by atoms with Gasteiger partial charge in [-0.1, -0.05) is 6.92 Å². The third-order valence-electron chi connectivity index (χ3n) is 3.82. The molecule has 0 aliphatic heterocycles. The minimum atomic E-state index is 0.435. The molecule has 0 saturated heterocycles. The van der Waals surface area contributed by atoms with E-state index >= 15 is 0 Å². The zero-order valence-electron chi connectivity index (χ0n) is 14.9. The van der Waals surface area contributed by atoms with Crippen LogP contribution in [0.15, 0.2) is 18.2 Å². The van der Waals surface area contributed by atoms with Crippen molar-refractivity contribution in [3.8, 4) is 11.5 Å². The first kappa shape index (κ1) is 18.6. The largest absolute Gasteiger partial charge is 0.493 e. The van der Waals surface area contributed by atoms with Crippen molar-refractivity contribution in [2.24, 2.45) is 0 Å². The second kappa shape index (κ2) is 9.57. The van der Waals surface area contributed by atoms with Gasteiger partial charge in [0, 0.05) is 44.0 Å². The third kappa shape index (κ3) is 5.09. The lowest BCUT2D eigenvalue weighted by atomic mass is 10.1. The van der Waals surface area contributed by atoms with Gasteiger partial charge in [-0.15, -0.1) is 0 Å². The molecule has 0 fully saturated rings. The Bertz CT molecular complexity index is 434. The highest BCUT2D eigenvalue weighted by atomic mass is 16.5. The highest BCUT2D eigenvalue weighted by Gasteiger charge is 2.18. The van der Waals surface area contributed by atoms with E-state index in [0.717, 1.165) is 24.3 Å². The van der Waals surface area contributed by atoms with Crippen LogP contribution in [0.2, 0.25) is 0 Å². The van der Waals surface area contributed by atoms with E-state index in [0.29, 0.717) is 25.3 Å². The van der Waals surface area contributed by atoms with Gasteiger partial charge in [0.05, 0.1) is 13.7 Å². The van der Waals surface area contributed by atoms with E-state index in [2.05, 4.69) is 44.7 Å². The first-order chi connectivity index (χ1) is 10.5. The Morgan fingerprint density at radius 2 is 1.77 bits per heavy atom. The summed E-state index contributed by atoms with van der Waals surface area (Å²) in [6.07, 6.45) is 1.97. The summed E-state index contributed by atoms with van der Waals surface area (Å²) in [5, 5.41) is 0. The molecule has 4 nitrogen and oxygen atoms in total. The number of hydrogen-bond donors (Lipinski definition) is 0. The molecule has 0 radical (unpaired) electrons. The Labute approximate surface area is 135 Å². The fraction of sp³-hybridized carbons (Fsp3) is 0.667. The molecular formula is C18H31NO3. The lowest BCUT2D eigenvalue weighted by Gasteiger charge is -2.35. The van der Waals surface area contributed by atoms with E-state index in [-0.39, 0.29) is 0 Å². The van der Waals surface area contributed by atoms with Crippen LogP contribution in [-0.4, -0.2) is 39.5 Å². The molecule has 126 valence electrons. The summed E-state index contributed by atoms with van der Waals surface area (Å²) in [4.78, 5) is 2.42. The molecule has 0 spiro atoms. The molecule has 0 N–H and O–H groups in total. The van der Waals surface area contributed by atoms with E-state index in [4.69, 9.17) is 14.2 Å². The normalized spacial score (nSPS) is 12.3. The molecule has 0 aliphatic carbocycles. The number of methoxy groups -OCH3 is 2. The van der Waals surface area contributed by atoms with Crippen LogP contribution in [0.4, 0.5) is 5.69 Å². The van der Waals surface area contributed by atoms with Crippen molar-refractivity contribution in [1.82, 2.24) is 0 Å². The number of hydrogen-bond acceptors (Lipinski definition) is 4. The van der Waals surface area contributed by atoms with Gasteiger partial charge in [-0.25, -0.2) is 0 Å². The monoisotopic (exact) mass is 309 g/mol. The molecular weight excluding hydrogens is 278 g/mol. The van der Waals surface area contributed by atoms with Crippen LogP contribution in [-0.2, 0) is 4.74 Å². The zero-order valence-corrected chi connectivity index (χ0v) is 14.9. The first-order valence-electron chi connectivity index (χ1n) is 8.13. The Hall–Kier alpha value is -1.42. The number of rotatable bonds is 10. The lowest BCUT2D eigenvalue weighted by Crippen LogP contribution is -2.38. The number of benzene rings is 1. The Balaban J connectivity index is 2.96. The molecule has 1 atom stereocenters. The summed E-state index contributed by atoms with van der Waals surface area (Å²) in [6, 6.07) is 7.09. The Morgan fingerprint density at radius 1 is 1.05 bits per heavy atom. The summed E-state index contributed by atoms with van der Waals surface area (Å²) in [5.74, 6) is 1.57. The summed E-state index contributed by atoms with van der Waals surface area (Å²) < 4.78 is 16.3. The first-order valence-corrected chi connectivity index (χ1v) is 8.13. The van der Waals surface area contributed by atoms with Crippen LogP contribution in [0.5, 0.6) is 11.5 Å². The van der Waals surface area contributed by atoms with Crippen molar-refractivity contribution in [1.29, 1.82) is 0 Å². The zero-order chi connectivity index (χ0) is 16.5. The Morgan fingerprint density at radius 3 is 2.32 bits per heavy atom. The summed E-state index contributed by atoms with van der Waals surface area (Å²) in [7, 11) is 3.37. The van der Waals surface area contributed by atoms with Crippen LogP contribution >= 0.6 is 0 Å². The topological polar surface area (TPSA) is 30.9 Å². The molecule has 0 bridgehead atoms. The maximum Gasteiger partial charge on any atom is 0.163 e. The van der Waals surface area contributed by atoms with E-state index in [1.807, 2.05) is 6.07 Å². The highest BCUT2D eigenvalue weighted by molar-refractivity contribution is 5.57. The van der Waals surface area contributed by atoms with Gasteiger partial charge in [0.15, 0.2) is 11.5 Å². The molecule has 0 aromatic heterocycles. The average Bonchev–Trinajstić information content (AvgIpc) is 2.51. The van der Waals surface area contributed by atoms with Gasteiger partial charge in [-0.3, -0.25) is 0 Å². The minimum absolute atomic E-state index is 0.435. The molecule has 1 rings (SSSR count). The van der Waals surface area contributed by atoms with Gasteiger partial charge < -0.3 is 19.1 Å². The fourth-order valence-electron chi connectivity index (χ4n) is 2.58. The highest BCUT2D eigenvalue weighted by Crippen LogP contribution is 2.33. The van der Waals surface area contributed by atoms with Crippen LogP contribution in [0.3, 0.4) is 0 Å². The van der Waals surface area contributed by atoms with Crippen molar-refractivity contribution in [3.05, 3.63) is 18.2 Å². The number of ether oxygens (including phenoxy) is 3.